The van der Waals surface area contributed by atoms with E-state index in [4.69, 9.17) is 9.47 Å². The van der Waals surface area contributed by atoms with Gasteiger partial charge in [-0.2, -0.15) is 0 Å². The molecule has 4 heterocycles. The van der Waals surface area contributed by atoms with Gasteiger partial charge in [-0.25, -0.2) is 9.97 Å². The second kappa shape index (κ2) is 8.35. The van der Waals surface area contributed by atoms with Gasteiger partial charge in [0.15, 0.2) is 0 Å². The summed E-state index contributed by atoms with van der Waals surface area (Å²) in [5, 5.41) is 2.92. The van der Waals surface area contributed by atoms with Crippen LogP contribution in [0, 0.1) is 0 Å². The summed E-state index contributed by atoms with van der Waals surface area (Å²) in [5.74, 6) is 1.30. The molecule has 7 nitrogen and oxygen atoms in total. The number of anilines is 1. The number of ether oxygens (including phenoxy) is 2. The van der Waals surface area contributed by atoms with Crippen LogP contribution < -0.4 is 15.0 Å². The van der Waals surface area contributed by atoms with Gasteiger partial charge in [0, 0.05) is 50.1 Å². The van der Waals surface area contributed by atoms with Gasteiger partial charge in [0.05, 0.1) is 13.2 Å². The molecule has 1 amide bonds. The van der Waals surface area contributed by atoms with Crippen molar-refractivity contribution >= 4 is 11.7 Å². The molecule has 7 heteroatoms. The summed E-state index contributed by atoms with van der Waals surface area (Å²) in [6.45, 7) is 3.85. The van der Waals surface area contributed by atoms with E-state index >= 15 is 0 Å². The van der Waals surface area contributed by atoms with Gasteiger partial charge in [0.1, 0.15) is 11.9 Å². The fourth-order valence-corrected chi connectivity index (χ4v) is 3.33. The Morgan fingerprint density at radius 2 is 2.15 bits per heavy atom. The summed E-state index contributed by atoms with van der Waals surface area (Å²) in [6, 6.07) is 7.39. The third kappa shape index (κ3) is 4.54. The Kier molecular flexibility index (Phi) is 5.48. The molecule has 0 aromatic carbocycles. The molecular weight excluding hydrogens is 344 g/mol. The Bertz CT molecular complexity index is 769. The summed E-state index contributed by atoms with van der Waals surface area (Å²) in [4.78, 5) is 23.4. The molecule has 0 aliphatic carbocycles. The average molecular weight is 368 g/mol. The van der Waals surface area contributed by atoms with Crippen LogP contribution >= 0.6 is 0 Å². The first kappa shape index (κ1) is 17.7. The minimum Gasteiger partial charge on any atom is -0.472 e. The van der Waals surface area contributed by atoms with Crippen LogP contribution in [0.4, 0.5) is 5.82 Å². The predicted molar refractivity (Wildman–Crippen MR) is 101 cm³/mol. The molecule has 1 unspecified atom stereocenters. The van der Waals surface area contributed by atoms with Crippen molar-refractivity contribution in [3.05, 3.63) is 47.8 Å². The number of carbonyl (C=O) groups excluding carboxylic acids is 1. The number of pyridine rings is 2. The first-order valence-corrected chi connectivity index (χ1v) is 9.46. The van der Waals surface area contributed by atoms with E-state index in [1.54, 1.807) is 18.3 Å². The van der Waals surface area contributed by atoms with Gasteiger partial charge in [0.2, 0.25) is 5.88 Å². The van der Waals surface area contributed by atoms with E-state index in [2.05, 4.69) is 20.2 Å². The standard InChI is InChI=1S/C20H24N4O3/c25-20(16-5-7-21-19(11-16)27-17-6-10-26-14-17)23-13-15-3-4-18(22-12-15)24-8-1-2-9-24/h3-5,7,11-12,17H,1-2,6,8-10,13-14H2,(H,23,25). The quantitative estimate of drug-likeness (QED) is 0.842. The molecule has 1 N–H and O–H groups in total. The zero-order valence-electron chi connectivity index (χ0n) is 15.3. The van der Waals surface area contributed by atoms with Crippen molar-refractivity contribution in [2.75, 3.05) is 31.2 Å². The van der Waals surface area contributed by atoms with Crippen LogP contribution in [0.15, 0.2) is 36.7 Å². The van der Waals surface area contributed by atoms with Crippen molar-refractivity contribution in [1.29, 1.82) is 0 Å². The Morgan fingerprint density at radius 1 is 1.26 bits per heavy atom. The molecule has 0 bridgehead atoms. The van der Waals surface area contributed by atoms with Gasteiger partial charge in [-0.3, -0.25) is 4.79 Å². The largest absolute Gasteiger partial charge is 0.472 e. The normalized spacial score (nSPS) is 19.3. The maximum Gasteiger partial charge on any atom is 0.251 e. The number of hydrogen-bond acceptors (Lipinski definition) is 6. The molecule has 2 aliphatic heterocycles. The SMILES string of the molecule is O=C(NCc1ccc(N2CCCC2)nc1)c1ccnc(OC2CCOC2)c1. The number of nitrogens with zero attached hydrogens (tertiary/aromatic N) is 3. The van der Waals surface area contributed by atoms with Crippen molar-refractivity contribution in [2.24, 2.45) is 0 Å². The van der Waals surface area contributed by atoms with Gasteiger partial charge in [0.25, 0.3) is 5.91 Å². The average Bonchev–Trinajstić information content (AvgIpc) is 3.41. The van der Waals surface area contributed by atoms with Gasteiger partial charge in [-0.05, 0) is 30.5 Å². The van der Waals surface area contributed by atoms with E-state index in [0.29, 0.717) is 31.2 Å². The molecule has 0 spiro atoms. The van der Waals surface area contributed by atoms with E-state index in [9.17, 15) is 4.79 Å². The van der Waals surface area contributed by atoms with Crippen LogP contribution in [-0.2, 0) is 11.3 Å². The second-order valence-corrected chi connectivity index (χ2v) is 6.89. The summed E-state index contributed by atoms with van der Waals surface area (Å²) in [5.41, 5.74) is 1.50. The molecule has 1 atom stereocenters. The molecule has 2 fully saturated rings. The lowest BCUT2D eigenvalue weighted by Crippen LogP contribution is -2.24. The van der Waals surface area contributed by atoms with Crippen LogP contribution in [0.5, 0.6) is 5.88 Å². The monoisotopic (exact) mass is 368 g/mol. The topological polar surface area (TPSA) is 76.6 Å². The number of rotatable bonds is 6. The predicted octanol–water partition coefficient (Wildman–Crippen LogP) is 2.17. The fourth-order valence-electron chi connectivity index (χ4n) is 3.33. The molecule has 27 heavy (non-hydrogen) atoms. The first-order valence-electron chi connectivity index (χ1n) is 9.46. The zero-order valence-corrected chi connectivity index (χ0v) is 15.3. The van der Waals surface area contributed by atoms with Gasteiger partial charge >= 0.3 is 0 Å². The summed E-state index contributed by atoms with van der Waals surface area (Å²) >= 11 is 0. The van der Waals surface area contributed by atoms with Crippen molar-refractivity contribution in [3.63, 3.8) is 0 Å². The van der Waals surface area contributed by atoms with Crippen molar-refractivity contribution in [1.82, 2.24) is 15.3 Å². The smallest absolute Gasteiger partial charge is 0.251 e. The number of nitrogens with one attached hydrogen (secondary N) is 1. The van der Waals surface area contributed by atoms with E-state index < -0.39 is 0 Å². The van der Waals surface area contributed by atoms with Crippen LogP contribution in [0.2, 0.25) is 0 Å². The highest BCUT2D eigenvalue weighted by atomic mass is 16.5. The van der Waals surface area contributed by atoms with Crippen LogP contribution in [0.1, 0.15) is 35.2 Å². The Hall–Kier alpha value is -2.67. The summed E-state index contributed by atoms with van der Waals surface area (Å²) < 4.78 is 11.1. The van der Waals surface area contributed by atoms with E-state index in [1.807, 2.05) is 18.3 Å². The number of amides is 1. The molecule has 2 aromatic heterocycles. The van der Waals surface area contributed by atoms with E-state index in [1.165, 1.54) is 12.8 Å². The van der Waals surface area contributed by atoms with Crippen molar-refractivity contribution < 1.29 is 14.3 Å². The van der Waals surface area contributed by atoms with E-state index in [0.717, 1.165) is 30.9 Å². The van der Waals surface area contributed by atoms with Gasteiger partial charge < -0.3 is 19.7 Å². The van der Waals surface area contributed by atoms with Gasteiger partial charge in [-0.1, -0.05) is 6.07 Å². The third-order valence-electron chi connectivity index (χ3n) is 4.86. The van der Waals surface area contributed by atoms with Crippen LogP contribution in [0.25, 0.3) is 0 Å². The fraction of sp³-hybridized carbons (Fsp3) is 0.450. The van der Waals surface area contributed by atoms with Gasteiger partial charge in [-0.15, -0.1) is 0 Å². The molecular formula is C20H24N4O3. The maximum absolute atomic E-state index is 12.4. The lowest BCUT2D eigenvalue weighted by atomic mass is 10.2. The van der Waals surface area contributed by atoms with Crippen molar-refractivity contribution in [3.8, 4) is 5.88 Å². The third-order valence-corrected chi connectivity index (χ3v) is 4.86. The number of hydrogen-bond donors (Lipinski definition) is 1. The van der Waals surface area contributed by atoms with Crippen LogP contribution in [-0.4, -0.2) is 48.3 Å². The summed E-state index contributed by atoms with van der Waals surface area (Å²) in [6.07, 6.45) is 6.73. The lowest BCUT2D eigenvalue weighted by Gasteiger charge is -2.16. The highest BCUT2D eigenvalue weighted by Gasteiger charge is 2.18. The maximum atomic E-state index is 12.4. The first-order chi connectivity index (χ1) is 13.3. The summed E-state index contributed by atoms with van der Waals surface area (Å²) in [7, 11) is 0. The van der Waals surface area contributed by atoms with Crippen molar-refractivity contribution in [2.45, 2.75) is 31.9 Å². The molecule has 0 saturated carbocycles. The molecule has 142 valence electrons. The van der Waals surface area contributed by atoms with Crippen LogP contribution in [0.3, 0.4) is 0 Å². The second-order valence-electron chi connectivity index (χ2n) is 6.89. The molecule has 4 rings (SSSR count). The number of carbonyl (C=O) groups is 1. The highest BCUT2D eigenvalue weighted by Crippen LogP contribution is 2.18. The minimum atomic E-state index is -0.159. The Morgan fingerprint density at radius 3 is 2.89 bits per heavy atom. The highest BCUT2D eigenvalue weighted by molar-refractivity contribution is 5.94. The minimum absolute atomic E-state index is 0.0102. The Balaban J connectivity index is 1.32. The van der Waals surface area contributed by atoms with E-state index in [-0.39, 0.29) is 12.0 Å². The lowest BCUT2D eigenvalue weighted by molar-refractivity contribution is 0.0949. The molecule has 2 aromatic rings. The molecule has 2 aliphatic rings. The number of aromatic nitrogens is 2. The molecule has 2 saturated heterocycles. The Labute approximate surface area is 158 Å². The molecule has 0 radical (unpaired) electrons. The zero-order chi connectivity index (χ0) is 18.5.